The van der Waals surface area contributed by atoms with E-state index in [-0.39, 0.29) is 5.91 Å². The van der Waals surface area contributed by atoms with Crippen LogP contribution in [0.25, 0.3) is 0 Å². The lowest BCUT2D eigenvalue weighted by Crippen LogP contribution is -2.35. The average molecular weight is 226 g/mol. The number of hydrogen-bond acceptors (Lipinski definition) is 2. The summed E-state index contributed by atoms with van der Waals surface area (Å²) in [5, 5.41) is 6.39. The first-order chi connectivity index (χ1) is 7.61. The van der Waals surface area contributed by atoms with Crippen molar-refractivity contribution in [2.75, 3.05) is 6.54 Å². The highest BCUT2D eigenvalue weighted by molar-refractivity contribution is 5.76. The fourth-order valence-corrected chi connectivity index (χ4v) is 1.82. The molecule has 0 spiro atoms. The fourth-order valence-electron chi connectivity index (χ4n) is 1.82. The van der Waals surface area contributed by atoms with Crippen molar-refractivity contribution in [3.05, 3.63) is 0 Å². The van der Waals surface area contributed by atoms with Crippen molar-refractivity contribution < 1.29 is 4.79 Å². The van der Waals surface area contributed by atoms with Gasteiger partial charge in [-0.2, -0.15) is 0 Å². The fraction of sp³-hybridized carbons (Fsp3) is 0.923. The minimum atomic E-state index is 0.167. The van der Waals surface area contributed by atoms with E-state index in [0.717, 1.165) is 18.9 Å². The minimum absolute atomic E-state index is 0.167. The summed E-state index contributed by atoms with van der Waals surface area (Å²) >= 11 is 0. The topological polar surface area (TPSA) is 41.1 Å². The van der Waals surface area contributed by atoms with E-state index in [1.807, 2.05) is 6.92 Å². The van der Waals surface area contributed by atoms with Gasteiger partial charge in [0, 0.05) is 25.0 Å². The Morgan fingerprint density at radius 2 is 2.00 bits per heavy atom. The predicted octanol–water partition coefficient (Wildman–Crippen LogP) is 2.07. The third kappa shape index (κ3) is 6.11. The number of carbonyl (C=O) groups is 1. The highest BCUT2D eigenvalue weighted by atomic mass is 16.1. The molecule has 2 unspecified atom stereocenters. The Morgan fingerprint density at radius 3 is 2.56 bits per heavy atom. The Balaban J connectivity index is 1.98. The molecular weight excluding hydrogens is 200 g/mol. The molecule has 1 aliphatic rings. The molecule has 0 heterocycles. The first-order valence-corrected chi connectivity index (χ1v) is 6.64. The lowest BCUT2D eigenvalue weighted by molar-refractivity contribution is -0.121. The van der Waals surface area contributed by atoms with Gasteiger partial charge in [-0.3, -0.25) is 4.79 Å². The van der Waals surface area contributed by atoms with E-state index in [1.165, 1.54) is 19.3 Å². The van der Waals surface area contributed by atoms with Crippen LogP contribution < -0.4 is 10.6 Å². The minimum Gasteiger partial charge on any atom is -0.354 e. The van der Waals surface area contributed by atoms with Gasteiger partial charge in [0.05, 0.1) is 0 Å². The summed E-state index contributed by atoms with van der Waals surface area (Å²) in [6, 6.07) is 0.861. The molecule has 0 aromatic heterocycles. The molecule has 1 fully saturated rings. The zero-order valence-electron chi connectivity index (χ0n) is 10.9. The number of carbonyl (C=O) groups excluding carboxylic acids is 1. The van der Waals surface area contributed by atoms with Gasteiger partial charge in [0.25, 0.3) is 0 Å². The zero-order chi connectivity index (χ0) is 12.0. The van der Waals surface area contributed by atoms with Gasteiger partial charge < -0.3 is 10.6 Å². The molecule has 0 radical (unpaired) electrons. The van der Waals surface area contributed by atoms with Crippen LogP contribution in [-0.2, 0) is 4.79 Å². The number of amides is 1. The van der Waals surface area contributed by atoms with Gasteiger partial charge in [-0.1, -0.05) is 19.8 Å². The summed E-state index contributed by atoms with van der Waals surface area (Å²) in [7, 11) is 0. The van der Waals surface area contributed by atoms with Crippen LogP contribution in [0.5, 0.6) is 0 Å². The van der Waals surface area contributed by atoms with Crippen LogP contribution in [0, 0.1) is 5.92 Å². The number of hydrogen-bond donors (Lipinski definition) is 2. The molecular formula is C13H26N2O. The van der Waals surface area contributed by atoms with Crippen molar-refractivity contribution in [3.8, 4) is 0 Å². The van der Waals surface area contributed by atoms with E-state index in [2.05, 4.69) is 24.5 Å². The van der Waals surface area contributed by atoms with E-state index in [0.29, 0.717) is 18.5 Å². The molecule has 2 N–H and O–H groups in total. The third-order valence-corrected chi connectivity index (χ3v) is 3.25. The Labute approximate surface area is 99.4 Å². The highest BCUT2D eigenvalue weighted by Crippen LogP contribution is 2.33. The van der Waals surface area contributed by atoms with Gasteiger partial charge in [-0.25, -0.2) is 0 Å². The SMILES string of the molecule is CCC(C)NC(=O)CCNC(C)CC1CC1. The molecule has 2 atom stereocenters. The van der Waals surface area contributed by atoms with Crippen molar-refractivity contribution in [3.63, 3.8) is 0 Å². The van der Waals surface area contributed by atoms with Crippen molar-refractivity contribution in [2.45, 2.75) is 65.0 Å². The molecule has 3 nitrogen and oxygen atoms in total. The number of nitrogens with one attached hydrogen (secondary N) is 2. The second-order valence-corrected chi connectivity index (χ2v) is 5.16. The van der Waals surface area contributed by atoms with Crippen LogP contribution in [0.4, 0.5) is 0 Å². The zero-order valence-corrected chi connectivity index (χ0v) is 10.9. The van der Waals surface area contributed by atoms with Crippen molar-refractivity contribution in [1.82, 2.24) is 10.6 Å². The molecule has 0 bridgehead atoms. The molecule has 1 saturated carbocycles. The monoisotopic (exact) mass is 226 g/mol. The first kappa shape index (κ1) is 13.5. The maximum absolute atomic E-state index is 11.5. The normalized spacial score (nSPS) is 19.2. The standard InChI is InChI=1S/C13H26N2O/c1-4-10(2)15-13(16)7-8-14-11(3)9-12-5-6-12/h10-12,14H,4-9H2,1-3H3,(H,15,16). The van der Waals surface area contributed by atoms with Crippen LogP contribution in [0.3, 0.4) is 0 Å². The average Bonchev–Trinajstić information content (AvgIpc) is 3.01. The molecule has 3 heteroatoms. The molecule has 1 aliphatic carbocycles. The Hall–Kier alpha value is -0.570. The molecule has 0 aliphatic heterocycles. The lowest BCUT2D eigenvalue weighted by atomic mass is 10.1. The van der Waals surface area contributed by atoms with Crippen LogP contribution in [0.1, 0.15) is 52.9 Å². The Kier molecular flexibility index (Phi) is 5.81. The molecule has 0 aromatic rings. The maximum Gasteiger partial charge on any atom is 0.221 e. The van der Waals surface area contributed by atoms with E-state index in [9.17, 15) is 4.79 Å². The Bertz CT molecular complexity index is 214. The van der Waals surface area contributed by atoms with Gasteiger partial charge in [0.1, 0.15) is 0 Å². The van der Waals surface area contributed by atoms with E-state index in [1.54, 1.807) is 0 Å². The van der Waals surface area contributed by atoms with Crippen LogP contribution in [0.2, 0.25) is 0 Å². The summed E-state index contributed by atoms with van der Waals surface area (Å²) in [6.45, 7) is 7.14. The van der Waals surface area contributed by atoms with E-state index >= 15 is 0 Å². The van der Waals surface area contributed by atoms with Gasteiger partial charge in [0.15, 0.2) is 0 Å². The summed E-state index contributed by atoms with van der Waals surface area (Å²) in [4.78, 5) is 11.5. The van der Waals surface area contributed by atoms with Crippen LogP contribution >= 0.6 is 0 Å². The van der Waals surface area contributed by atoms with Crippen molar-refractivity contribution in [2.24, 2.45) is 5.92 Å². The molecule has 0 aromatic carbocycles. The Morgan fingerprint density at radius 1 is 1.31 bits per heavy atom. The summed E-state index contributed by atoms with van der Waals surface area (Å²) in [5.74, 6) is 1.12. The first-order valence-electron chi connectivity index (χ1n) is 6.64. The molecule has 16 heavy (non-hydrogen) atoms. The number of rotatable bonds is 8. The van der Waals surface area contributed by atoms with Gasteiger partial charge in [0.2, 0.25) is 5.91 Å². The van der Waals surface area contributed by atoms with Gasteiger partial charge in [-0.15, -0.1) is 0 Å². The molecule has 0 saturated heterocycles. The largest absolute Gasteiger partial charge is 0.354 e. The lowest BCUT2D eigenvalue weighted by Gasteiger charge is -2.14. The maximum atomic E-state index is 11.5. The predicted molar refractivity (Wildman–Crippen MR) is 67.3 cm³/mol. The summed E-state index contributed by atoms with van der Waals surface area (Å²) in [6.07, 6.45) is 5.67. The quantitative estimate of drug-likeness (QED) is 0.665. The van der Waals surface area contributed by atoms with Crippen molar-refractivity contribution in [1.29, 1.82) is 0 Å². The third-order valence-electron chi connectivity index (χ3n) is 3.25. The molecule has 94 valence electrons. The summed E-state index contributed by atoms with van der Waals surface area (Å²) in [5.41, 5.74) is 0. The highest BCUT2D eigenvalue weighted by Gasteiger charge is 2.23. The van der Waals surface area contributed by atoms with Gasteiger partial charge in [-0.05, 0) is 32.6 Å². The smallest absolute Gasteiger partial charge is 0.221 e. The van der Waals surface area contributed by atoms with E-state index in [4.69, 9.17) is 0 Å². The second-order valence-electron chi connectivity index (χ2n) is 5.16. The van der Waals surface area contributed by atoms with Crippen molar-refractivity contribution >= 4 is 5.91 Å². The van der Waals surface area contributed by atoms with Crippen LogP contribution in [-0.4, -0.2) is 24.5 Å². The molecule has 1 amide bonds. The summed E-state index contributed by atoms with van der Waals surface area (Å²) < 4.78 is 0. The van der Waals surface area contributed by atoms with Crippen LogP contribution in [0.15, 0.2) is 0 Å². The van der Waals surface area contributed by atoms with E-state index < -0.39 is 0 Å². The molecule has 1 rings (SSSR count). The van der Waals surface area contributed by atoms with Gasteiger partial charge >= 0.3 is 0 Å². The second kappa shape index (κ2) is 6.89.